The highest BCUT2D eigenvalue weighted by Crippen LogP contribution is 2.17. The molecule has 0 spiro atoms. The van der Waals surface area contributed by atoms with E-state index >= 15 is 0 Å². The Morgan fingerprint density at radius 3 is 2.42 bits per heavy atom. The molecule has 134 valence electrons. The molecule has 3 aromatic rings. The molecule has 0 saturated heterocycles. The molecule has 0 radical (unpaired) electrons. The van der Waals surface area contributed by atoms with Gasteiger partial charge in [-0.15, -0.1) is 0 Å². The molecule has 1 aromatic carbocycles. The van der Waals surface area contributed by atoms with Crippen LogP contribution in [-0.4, -0.2) is 50.0 Å². The molecule has 8 nitrogen and oxygen atoms in total. The van der Waals surface area contributed by atoms with Crippen molar-refractivity contribution in [3.63, 3.8) is 0 Å². The molecule has 0 bridgehead atoms. The van der Waals surface area contributed by atoms with E-state index in [9.17, 15) is 14.4 Å². The first kappa shape index (κ1) is 17.8. The molecular weight excluding hydrogens is 358 g/mol. The van der Waals surface area contributed by atoms with Crippen molar-refractivity contribution in [3.05, 3.63) is 52.2 Å². The lowest BCUT2D eigenvalue weighted by Gasteiger charge is -2.20. The van der Waals surface area contributed by atoms with Gasteiger partial charge in [-0.05, 0) is 31.2 Å². The van der Waals surface area contributed by atoms with Crippen molar-refractivity contribution in [1.29, 1.82) is 0 Å². The molecule has 0 aliphatic carbocycles. The minimum Gasteiger partial charge on any atom is -0.347 e. The van der Waals surface area contributed by atoms with Crippen molar-refractivity contribution in [2.75, 3.05) is 14.1 Å². The third kappa shape index (κ3) is 2.99. The normalized spacial score (nSPS) is 12.2. The second-order valence-electron chi connectivity index (χ2n) is 5.97. The highest BCUT2D eigenvalue weighted by atomic mass is 35.5. The van der Waals surface area contributed by atoms with Gasteiger partial charge in [0.25, 0.3) is 11.5 Å². The van der Waals surface area contributed by atoms with E-state index in [0.717, 1.165) is 4.57 Å². The van der Waals surface area contributed by atoms with Crippen LogP contribution in [-0.2, 0) is 9.59 Å². The largest absolute Gasteiger partial charge is 0.347 e. The summed E-state index contributed by atoms with van der Waals surface area (Å²) in [5.41, 5.74) is 0.500. The molecule has 0 aliphatic heterocycles. The molecule has 0 aliphatic rings. The first-order valence-electron chi connectivity index (χ1n) is 7.73. The molecule has 1 atom stereocenters. The van der Waals surface area contributed by atoms with E-state index in [2.05, 4.69) is 10.1 Å². The van der Waals surface area contributed by atoms with Gasteiger partial charge in [-0.25, -0.2) is 9.67 Å². The lowest BCUT2D eigenvalue weighted by molar-refractivity contribution is -0.137. The first-order valence-corrected chi connectivity index (χ1v) is 8.11. The zero-order valence-corrected chi connectivity index (χ0v) is 15.1. The van der Waals surface area contributed by atoms with Crippen molar-refractivity contribution in [1.82, 2.24) is 24.2 Å². The Balaban J connectivity index is 2.16. The molecule has 2 aromatic heterocycles. The fraction of sp³-hybridized carbons (Fsp3) is 0.235. The summed E-state index contributed by atoms with van der Waals surface area (Å²) in [5, 5.41) is 4.98. The van der Waals surface area contributed by atoms with Crippen molar-refractivity contribution >= 4 is 34.3 Å². The number of carbonyl (C=O) groups is 2. The van der Waals surface area contributed by atoms with E-state index in [-0.39, 0.29) is 5.39 Å². The second-order valence-corrected chi connectivity index (χ2v) is 6.41. The van der Waals surface area contributed by atoms with Crippen molar-refractivity contribution in [2.24, 2.45) is 0 Å². The molecule has 0 unspecified atom stereocenters. The number of aromatic nitrogens is 4. The van der Waals surface area contributed by atoms with Crippen molar-refractivity contribution in [3.8, 4) is 5.69 Å². The summed E-state index contributed by atoms with van der Waals surface area (Å²) in [6.45, 7) is 1.26. The van der Waals surface area contributed by atoms with Crippen LogP contribution in [0, 0.1) is 0 Å². The molecule has 9 heteroatoms. The number of Topliss-reactive ketones (excluding diaryl/α,β-unsaturated/α-hetero) is 1. The SMILES string of the molecule is CC(=O)[C@H](C(=O)N(C)C)n1cnc2c(cnn2-c2ccc(Cl)cc2)c1=O. The summed E-state index contributed by atoms with van der Waals surface area (Å²) in [6.07, 6.45) is 2.57. The molecule has 2 heterocycles. The van der Waals surface area contributed by atoms with Gasteiger partial charge >= 0.3 is 0 Å². The van der Waals surface area contributed by atoms with Crippen LogP contribution in [0.25, 0.3) is 16.7 Å². The molecule has 0 fully saturated rings. The molecule has 3 rings (SSSR count). The molecule has 0 N–H and O–H groups in total. The van der Waals surface area contributed by atoms with Gasteiger partial charge in [0, 0.05) is 19.1 Å². The van der Waals surface area contributed by atoms with E-state index in [1.807, 2.05) is 0 Å². The monoisotopic (exact) mass is 373 g/mol. The number of halogens is 1. The Labute approximate surface area is 153 Å². The van der Waals surface area contributed by atoms with Crippen LogP contribution in [0.4, 0.5) is 0 Å². The summed E-state index contributed by atoms with van der Waals surface area (Å²) in [4.78, 5) is 42.6. The quantitative estimate of drug-likeness (QED) is 0.646. The summed E-state index contributed by atoms with van der Waals surface area (Å²) >= 11 is 5.89. The molecule has 26 heavy (non-hydrogen) atoms. The van der Waals surface area contributed by atoms with Crippen molar-refractivity contribution in [2.45, 2.75) is 13.0 Å². The molecule has 0 saturated carbocycles. The predicted molar refractivity (Wildman–Crippen MR) is 96.5 cm³/mol. The number of nitrogens with zero attached hydrogens (tertiary/aromatic N) is 5. The number of likely N-dealkylation sites (N-methyl/N-ethyl adjacent to an activating group) is 1. The van der Waals surface area contributed by atoms with E-state index in [1.54, 1.807) is 24.3 Å². The average molecular weight is 374 g/mol. The van der Waals surface area contributed by atoms with Gasteiger partial charge in [0.1, 0.15) is 11.7 Å². The second kappa shape index (κ2) is 6.72. The summed E-state index contributed by atoms with van der Waals surface area (Å²) in [5.74, 6) is -0.942. The lowest BCUT2D eigenvalue weighted by Crippen LogP contribution is -2.40. The fourth-order valence-corrected chi connectivity index (χ4v) is 2.74. The van der Waals surface area contributed by atoms with Crippen LogP contribution in [0.2, 0.25) is 5.02 Å². The molecular formula is C17H16ClN5O3. The first-order chi connectivity index (χ1) is 12.3. The average Bonchev–Trinajstić information content (AvgIpc) is 3.02. The van der Waals surface area contributed by atoms with E-state index in [1.165, 1.54) is 43.1 Å². The topological polar surface area (TPSA) is 90.1 Å². The van der Waals surface area contributed by atoms with Gasteiger partial charge < -0.3 is 4.90 Å². The third-order valence-electron chi connectivity index (χ3n) is 3.92. The number of hydrogen-bond acceptors (Lipinski definition) is 5. The summed E-state index contributed by atoms with van der Waals surface area (Å²) in [6, 6.07) is 5.64. The number of carbonyl (C=O) groups excluding carboxylic acids is 2. The zero-order chi connectivity index (χ0) is 19.0. The van der Waals surface area contributed by atoms with Gasteiger partial charge in [0.2, 0.25) is 0 Å². The van der Waals surface area contributed by atoms with E-state index < -0.39 is 23.3 Å². The van der Waals surface area contributed by atoms with Gasteiger partial charge in [-0.3, -0.25) is 19.0 Å². The Morgan fingerprint density at radius 1 is 1.19 bits per heavy atom. The third-order valence-corrected chi connectivity index (χ3v) is 4.17. The minimum atomic E-state index is -1.26. The van der Waals surface area contributed by atoms with Gasteiger partial charge in [-0.2, -0.15) is 5.10 Å². The Kier molecular flexibility index (Phi) is 4.60. The van der Waals surface area contributed by atoms with Crippen LogP contribution >= 0.6 is 11.6 Å². The maximum atomic E-state index is 12.8. The van der Waals surface area contributed by atoms with Crippen LogP contribution in [0.3, 0.4) is 0 Å². The Morgan fingerprint density at radius 2 is 1.85 bits per heavy atom. The summed E-state index contributed by atoms with van der Waals surface area (Å²) < 4.78 is 2.54. The number of benzene rings is 1. The highest BCUT2D eigenvalue weighted by molar-refractivity contribution is 6.30. The number of amides is 1. The summed E-state index contributed by atoms with van der Waals surface area (Å²) in [7, 11) is 3.04. The number of ketones is 1. The maximum absolute atomic E-state index is 12.8. The Bertz CT molecular complexity index is 1050. The zero-order valence-electron chi connectivity index (χ0n) is 14.4. The van der Waals surface area contributed by atoms with Gasteiger partial charge in [0.05, 0.1) is 11.9 Å². The smallest absolute Gasteiger partial charge is 0.265 e. The van der Waals surface area contributed by atoms with Crippen LogP contribution in [0.15, 0.2) is 41.6 Å². The van der Waals surface area contributed by atoms with Gasteiger partial charge in [-0.1, -0.05) is 11.6 Å². The van der Waals surface area contributed by atoms with E-state index in [4.69, 9.17) is 11.6 Å². The van der Waals surface area contributed by atoms with Crippen LogP contribution < -0.4 is 5.56 Å². The van der Waals surface area contributed by atoms with Crippen LogP contribution in [0.5, 0.6) is 0 Å². The van der Waals surface area contributed by atoms with Gasteiger partial charge in [0.15, 0.2) is 17.5 Å². The Hall–Kier alpha value is -3.00. The minimum absolute atomic E-state index is 0.209. The standard InChI is InChI=1S/C17H16ClN5O3/c1-10(24)14(17(26)21(2)3)22-9-19-15-13(16(22)25)8-20-23(15)12-6-4-11(18)5-7-12/h4-9,14H,1-3H3/t14-/m1/s1. The number of hydrogen-bond donors (Lipinski definition) is 0. The van der Waals surface area contributed by atoms with E-state index in [0.29, 0.717) is 16.4 Å². The number of rotatable bonds is 4. The highest BCUT2D eigenvalue weighted by Gasteiger charge is 2.29. The fourth-order valence-electron chi connectivity index (χ4n) is 2.61. The molecule has 1 amide bonds. The lowest BCUT2D eigenvalue weighted by atomic mass is 10.1. The number of fused-ring (bicyclic) bond motifs is 1. The van der Waals surface area contributed by atoms with Crippen molar-refractivity contribution < 1.29 is 9.59 Å². The van der Waals surface area contributed by atoms with Crippen LogP contribution in [0.1, 0.15) is 13.0 Å². The maximum Gasteiger partial charge on any atom is 0.265 e. The predicted octanol–water partition coefficient (Wildman–Crippen LogP) is 1.45.